The Kier molecular flexibility index (Phi) is 5.67. The summed E-state index contributed by atoms with van der Waals surface area (Å²) in [6, 6.07) is 12.7. The lowest BCUT2D eigenvalue weighted by molar-refractivity contribution is -0.118. The molecule has 0 spiro atoms. The summed E-state index contributed by atoms with van der Waals surface area (Å²) in [4.78, 5) is 15.9. The maximum Gasteiger partial charge on any atom is 0.262 e. The Labute approximate surface area is 157 Å². The smallest absolute Gasteiger partial charge is 0.262 e. The standard InChI is InChI=1S/C17H14BrClN4O2/c18-13-3-6-16(15(19)7-13)25-9-17(24)22-14-4-1-12(2-5-14)8-23-11-20-10-21-23/h1-7,10-11H,8-9H2,(H,22,24). The molecule has 0 fully saturated rings. The molecular weight excluding hydrogens is 408 g/mol. The Morgan fingerprint density at radius 2 is 2.04 bits per heavy atom. The third-order valence-corrected chi connectivity index (χ3v) is 4.09. The fraction of sp³-hybridized carbons (Fsp3) is 0.118. The molecule has 8 heteroatoms. The number of rotatable bonds is 6. The molecular formula is C17H14BrClN4O2. The van der Waals surface area contributed by atoms with Gasteiger partial charge in [0.25, 0.3) is 5.91 Å². The van der Waals surface area contributed by atoms with E-state index in [2.05, 4.69) is 31.3 Å². The maximum absolute atomic E-state index is 12.0. The molecule has 6 nitrogen and oxygen atoms in total. The molecule has 3 aromatic rings. The Morgan fingerprint density at radius 3 is 2.72 bits per heavy atom. The van der Waals surface area contributed by atoms with Crippen LogP contribution in [0.4, 0.5) is 5.69 Å². The van der Waals surface area contributed by atoms with Gasteiger partial charge in [0, 0.05) is 10.2 Å². The molecule has 0 aliphatic rings. The summed E-state index contributed by atoms with van der Waals surface area (Å²) < 4.78 is 8.01. The molecule has 0 radical (unpaired) electrons. The van der Waals surface area contributed by atoms with E-state index in [0.29, 0.717) is 23.0 Å². The molecule has 1 N–H and O–H groups in total. The lowest BCUT2D eigenvalue weighted by Gasteiger charge is -2.09. The molecule has 0 aliphatic carbocycles. The first-order chi connectivity index (χ1) is 12.1. The number of carbonyl (C=O) groups excluding carboxylic acids is 1. The van der Waals surface area contributed by atoms with E-state index in [0.717, 1.165) is 10.0 Å². The number of nitrogens with zero attached hydrogens (tertiary/aromatic N) is 3. The first kappa shape index (κ1) is 17.4. The van der Waals surface area contributed by atoms with Crippen molar-refractivity contribution in [3.8, 4) is 5.75 Å². The number of anilines is 1. The molecule has 0 saturated heterocycles. The first-order valence-corrected chi connectivity index (χ1v) is 8.56. The topological polar surface area (TPSA) is 69.0 Å². The summed E-state index contributed by atoms with van der Waals surface area (Å²) >= 11 is 9.37. The largest absolute Gasteiger partial charge is 0.482 e. The molecule has 3 rings (SSSR count). The van der Waals surface area contributed by atoms with Gasteiger partial charge in [-0.1, -0.05) is 39.7 Å². The fourth-order valence-electron chi connectivity index (χ4n) is 2.13. The highest BCUT2D eigenvalue weighted by molar-refractivity contribution is 9.10. The van der Waals surface area contributed by atoms with Crippen LogP contribution < -0.4 is 10.1 Å². The van der Waals surface area contributed by atoms with Gasteiger partial charge in [0.15, 0.2) is 6.61 Å². The van der Waals surface area contributed by atoms with Crippen molar-refractivity contribution in [3.05, 3.63) is 70.2 Å². The van der Waals surface area contributed by atoms with E-state index in [-0.39, 0.29) is 12.5 Å². The molecule has 25 heavy (non-hydrogen) atoms. The third-order valence-electron chi connectivity index (χ3n) is 3.30. The zero-order valence-corrected chi connectivity index (χ0v) is 15.4. The minimum absolute atomic E-state index is 0.123. The van der Waals surface area contributed by atoms with Crippen molar-refractivity contribution >= 4 is 39.1 Å². The van der Waals surface area contributed by atoms with Crippen LogP contribution in [0.5, 0.6) is 5.75 Å². The van der Waals surface area contributed by atoms with Gasteiger partial charge in [-0.2, -0.15) is 5.10 Å². The minimum atomic E-state index is -0.261. The third kappa shape index (κ3) is 5.04. The van der Waals surface area contributed by atoms with Gasteiger partial charge in [-0.05, 0) is 35.9 Å². The predicted molar refractivity (Wildman–Crippen MR) is 98.8 cm³/mol. The Morgan fingerprint density at radius 1 is 1.24 bits per heavy atom. The fourth-order valence-corrected chi connectivity index (χ4v) is 2.86. The van der Waals surface area contributed by atoms with Gasteiger partial charge < -0.3 is 10.1 Å². The van der Waals surface area contributed by atoms with E-state index in [1.165, 1.54) is 6.33 Å². The van der Waals surface area contributed by atoms with Crippen LogP contribution in [0.1, 0.15) is 5.56 Å². The van der Waals surface area contributed by atoms with E-state index in [9.17, 15) is 4.79 Å². The maximum atomic E-state index is 12.0. The molecule has 0 unspecified atom stereocenters. The number of nitrogens with one attached hydrogen (secondary N) is 1. The normalized spacial score (nSPS) is 10.5. The lowest BCUT2D eigenvalue weighted by atomic mass is 10.2. The molecule has 0 saturated carbocycles. The number of hydrogen-bond acceptors (Lipinski definition) is 4. The van der Waals surface area contributed by atoms with Crippen molar-refractivity contribution in [2.45, 2.75) is 6.54 Å². The van der Waals surface area contributed by atoms with Gasteiger partial charge in [0.05, 0.1) is 11.6 Å². The number of benzene rings is 2. The molecule has 0 aliphatic heterocycles. The van der Waals surface area contributed by atoms with Crippen LogP contribution in [0.3, 0.4) is 0 Å². The molecule has 2 aromatic carbocycles. The number of hydrogen-bond donors (Lipinski definition) is 1. The summed E-state index contributed by atoms with van der Waals surface area (Å²) in [6.45, 7) is 0.501. The first-order valence-electron chi connectivity index (χ1n) is 7.39. The second-order valence-electron chi connectivity index (χ2n) is 5.20. The zero-order chi connectivity index (χ0) is 17.6. The van der Waals surface area contributed by atoms with Crippen molar-refractivity contribution in [3.63, 3.8) is 0 Å². The van der Waals surface area contributed by atoms with Crippen LogP contribution in [-0.2, 0) is 11.3 Å². The van der Waals surface area contributed by atoms with E-state index < -0.39 is 0 Å². The monoisotopic (exact) mass is 420 g/mol. The van der Waals surface area contributed by atoms with Gasteiger partial charge >= 0.3 is 0 Å². The van der Waals surface area contributed by atoms with Crippen LogP contribution in [0.25, 0.3) is 0 Å². The molecule has 1 heterocycles. The van der Waals surface area contributed by atoms with E-state index >= 15 is 0 Å². The van der Waals surface area contributed by atoms with Gasteiger partial charge in [-0.3, -0.25) is 4.79 Å². The zero-order valence-electron chi connectivity index (χ0n) is 13.0. The van der Waals surface area contributed by atoms with Gasteiger partial charge in [0.2, 0.25) is 0 Å². The van der Waals surface area contributed by atoms with E-state index in [1.54, 1.807) is 29.2 Å². The number of halogens is 2. The molecule has 128 valence electrons. The summed E-state index contributed by atoms with van der Waals surface area (Å²) in [5.74, 6) is 0.200. The van der Waals surface area contributed by atoms with Gasteiger partial charge in [0.1, 0.15) is 18.4 Å². The number of ether oxygens (including phenoxy) is 1. The molecule has 1 amide bonds. The van der Waals surface area contributed by atoms with Crippen molar-refractivity contribution in [2.24, 2.45) is 0 Å². The Hall–Kier alpha value is -2.38. The second-order valence-corrected chi connectivity index (χ2v) is 6.52. The SMILES string of the molecule is O=C(COc1ccc(Br)cc1Cl)Nc1ccc(Cn2cncn2)cc1. The minimum Gasteiger partial charge on any atom is -0.482 e. The highest BCUT2D eigenvalue weighted by Crippen LogP contribution is 2.27. The summed E-state index contributed by atoms with van der Waals surface area (Å²) in [5.41, 5.74) is 1.75. The van der Waals surface area contributed by atoms with Crippen molar-refractivity contribution in [2.75, 3.05) is 11.9 Å². The van der Waals surface area contributed by atoms with Crippen molar-refractivity contribution in [1.29, 1.82) is 0 Å². The molecule has 0 atom stereocenters. The van der Waals surface area contributed by atoms with Crippen LogP contribution in [0.2, 0.25) is 5.02 Å². The van der Waals surface area contributed by atoms with Crippen LogP contribution in [0, 0.1) is 0 Å². The number of aromatic nitrogens is 3. The highest BCUT2D eigenvalue weighted by atomic mass is 79.9. The Bertz CT molecular complexity index is 854. The van der Waals surface area contributed by atoms with Gasteiger partial charge in [-0.25, -0.2) is 9.67 Å². The van der Waals surface area contributed by atoms with E-state index in [1.807, 2.05) is 24.3 Å². The van der Waals surface area contributed by atoms with Crippen molar-refractivity contribution in [1.82, 2.24) is 14.8 Å². The summed E-state index contributed by atoms with van der Waals surface area (Å²) in [7, 11) is 0. The highest BCUT2D eigenvalue weighted by Gasteiger charge is 2.07. The summed E-state index contributed by atoms with van der Waals surface area (Å²) in [5, 5.41) is 7.28. The lowest BCUT2D eigenvalue weighted by Crippen LogP contribution is -2.20. The average molecular weight is 422 g/mol. The molecule has 0 bridgehead atoms. The van der Waals surface area contributed by atoms with Crippen LogP contribution in [-0.4, -0.2) is 27.3 Å². The van der Waals surface area contributed by atoms with Crippen LogP contribution in [0.15, 0.2) is 59.6 Å². The summed E-state index contributed by atoms with van der Waals surface area (Å²) in [6.07, 6.45) is 3.15. The predicted octanol–water partition coefficient (Wildman–Crippen LogP) is 3.76. The van der Waals surface area contributed by atoms with Crippen LogP contribution >= 0.6 is 27.5 Å². The van der Waals surface area contributed by atoms with E-state index in [4.69, 9.17) is 16.3 Å². The molecule has 1 aromatic heterocycles. The number of carbonyl (C=O) groups is 1. The quantitative estimate of drug-likeness (QED) is 0.658. The second kappa shape index (κ2) is 8.13. The van der Waals surface area contributed by atoms with Crippen molar-refractivity contribution < 1.29 is 9.53 Å². The Balaban J connectivity index is 1.52. The number of amides is 1. The average Bonchev–Trinajstić information content (AvgIpc) is 3.09. The van der Waals surface area contributed by atoms with Gasteiger partial charge in [-0.15, -0.1) is 0 Å².